The SMILES string of the molecule is COc1cc2nccc(Oc3ccc(N4CCN(Cc5ccccc5)C4=O)cc3F)c2c(C)c1OC. The maximum atomic E-state index is 15.2. The molecule has 5 rings (SSSR count). The van der Waals surface area contributed by atoms with Gasteiger partial charge in [0.1, 0.15) is 5.75 Å². The van der Waals surface area contributed by atoms with Gasteiger partial charge in [-0.05, 0) is 30.7 Å². The summed E-state index contributed by atoms with van der Waals surface area (Å²) >= 11 is 0. The standard InChI is InChI=1S/C28H26FN3O4/c1-18-26-22(16-25(34-2)27(18)35-3)30-12-11-24(26)36-23-10-9-20(15-21(23)29)32-14-13-31(28(32)33)17-19-7-5-4-6-8-19/h4-12,15-16H,13-14,17H2,1-3H3. The predicted octanol–water partition coefficient (Wildman–Crippen LogP) is 5.93. The van der Waals surface area contributed by atoms with E-state index in [1.165, 1.54) is 6.07 Å². The third kappa shape index (κ3) is 4.26. The summed E-state index contributed by atoms with van der Waals surface area (Å²) < 4.78 is 32.1. The van der Waals surface area contributed by atoms with Gasteiger partial charge in [-0.25, -0.2) is 9.18 Å². The Bertz CT molecular complexity index is 1430. The van der Waals surface area contributed by atoms with Crippen LogP contribution < -0.4 is 19.1 Å². The summed E-state index contributed by atoms with van der Waals surface area (Å²) in [5.74, 6) is 1.04. The molecule has 2 amide bonds. The van der Waals surface area contributed by atoms with Crippen LogP contribution in [0.3, 0.4) is 0 Å². The lowest BCUT2D eigenvalue weighted by Crippen LogP contribution is -2.31. The first-order chi connectivity index (χ1) is 17.5. The zero-order chi connectivity index (χ0) is 25.2. The summed E-state index contributed by atoms with van der Waals surface area (Å²) in [5.41, 5.74) is 2.95. The maximum Gasteiger partial charge on any atom is 0.324 e. The lowest BCUT2D eigenvalue weighted by molar-refractivity contribution is 0.219. The van der Waals surface area contributed by atoms with Gasteiger partial charge in [0.25, 0.3) is 0 Å². The molecule has 0 saturated carbocycles. The van der Waals surface area contributed by atoms with Crippen LogP contribution >= 0.6 is 0 Å². The Morgan fingerprint density at radius 2 is 1.75 bits per heavy atom. The van der Waals surface area contributed by atoms with Crippen molar-refractivity contribution in [3.05, 3.63) is 83.8 Å². The molecule has 7 nitrogen and oxygen atoms in total. The van der Waals surface area contributed by atoms with Crippen molar-refractivity contribution in [2.24, 2.45) is 0 Å². The molecule has 36 heavy (non-hydrogen) atoms. The van der Waals surface area contributed by atoms with Crippen LogP contribution in [0.15, 0.2) is 66.9 Å². The van der Waals surface area contributed by atoms with Gasteiger partial charge in [-0.1, -0.05) is 30.3 Å². The van der Waals surface area contributed by atoms with E-state index in [1.807, 2.05) is 37.3 Å². The van der Waals surface area contributed by atoms with Crippen molar-refractivity contribution in [2.45, 2.75) is 13.5 Å². The van der Waals surface area contributed by atoms with Crippen LogP contribution in [0.2, 0.25) is 0 Å². The molecule has 0 aliphatic carbocycles. The van der Waals surface area contributed by atoms with Gasteiger partial charge in [0.05, 0.1) is 19.7 Å². The van der Waals surface area contributed by atoms with Gasteiger partial charge < -0.3 is 19.1 Å². The van der Waals surface area contributed by atoms with Crippen LogP contribution in [0, 0.1) is 12.7 Å². The summed E-state index contributed by atoms with van der Waals surface area (Å²) in [6.45, 7) is 3.45. The number of urea groups is 1. The van der Waals surface area contributed by atoms with Gasteiger partial charge in [0.15, 0.2) is 23.1 Å². The third-order valence-corrected chi connectivity index (χ3v) is 6.33. The van der Waals surface area contributed by atoms with Crippen molar-refractivity contribution < 1.29 is 23.4 Å². The molecule has 0 unspecified atom stereocenters. The van der Waals surface area contributed by atoms with Crippen LogP contribution in [0.5, 0.6) is 23.0 Å². The molecule has 4 aromatic rings. The number of benzene rings is 3. The minimum absolute atomic E-state index is 0.0493. The normalized spacial score (nSPS) is 13.4. The van der Waals surface area contributed by atoms with Crippen molar-refractivity contribution in [2.75, 3.05) is 32.2 Å². The van der Waals surface area contributed by atoms with E-state index in [0.29, 0.717) is 53.5 Å². The number of aryl methyl sites for hydroxylation is 1. The van der Waals surface area contributed by atoms with E-state index in [0.717, 1.165) is 11.1 Å². The molecule has 3 aromatic carbocycles. The third-order valence-electron chi connectivity index (χ3n) is 6.33. The number of nitrogens with zero attached hydrogens (tertiary/aromatic N) is 3. The number of carbonyl (C=O) groups is 1. The second kappa shape index (κ2) is 9.73. The smallest absolute Gasteiger partial charge is 0.324 e. The monoisotopic (exact) mass is 487 g/mol. The van der Waals surface area contributed by atoms with E-state index >= 15 is 4.39 Å². The molecule has 1 aliphatic rings. The number of pyridine rings is 1. The molecule has 1 saturated heterocycles. The highest BCUT2D eigenvalue weighted by Crippen LogP contribution is 2.41. The highest BCUT2D eigenvalue weighted by molar-refractivity contribution is 5.94. The van der Waals surface area contributed by atoms with E-state index < -0.39 is 5.82 Å². The number of rotatable bonds is 7. The predicted molar refractivity (Wildman–Crippen MR) is 136 cm³/mol. The fourth-order valence-corrected chi connectivity index (χ4v) is 4.56. The number of methoxy groups -OCH3 is 2. The molecule has 184 valence electrons. The van der Waals surface area contributed by atoms with Gasteiger partial charge in [-0.15, -0.1) is 0 Å². The first kappa shape index (κ1) is 23.4. The van der Waals surface area contributed by atoms with Gasteiger partial charge in [-0.3, -0.25) is 9.88 Å². The van der Waals surface area contributed by atoms with E-state index in [-0.39, 0.29) is 11.8 Å². The molecule has 1 fully saturated rings. The van der Waals surface area contributed by atoms with E-state index in [1.54, 1.807) is 54.5 Å². The molecule has 0 atom stereocenters. The number of carbonyl (C=O) groups excluding carboxylic acids is 1. The number of ether oxygens (including phenoxy) is 3. The first-order valence-corrected chi connectivity index (χ1v) is 11.6. The van der Waals surface area contributed by atoms with Crippen LogP contribution in [0.4, 0.5) is 14.9 Å². The van der Waals surface area contributed by atoms with Crippen LogP contribution in [0.1, 0.15) is 11.1 Å². The molecule has 1 aliphatic heterocycles. The zero-order valence-electron chi connectivity index (χ0n) is 20.3. The molecule has 0 N–H and O–H groups in total. The van der Waals surface area contributed by atoms with Crippen molar-refractivity contribution in [3.8, 4) is 23.0 Å². The zero-order valence-corrected chi connectivity index (χ0v) is 20.3. The second-order valence-electron chi connectivity index (χ2n) is 8.50. The average Bonchev–Trinajstić information content (AvgIpc) is 3.25. The number of amides is 2. The van der Waals surface area contributed by atoms with Crippen molar-refractivity contribution in [1.29, 1.82) is 0 Å². The Morgan fingerprint density at radius 1 is 0.944 bits per heavy atom. The van der Waals surface area contributed by atoms with Crippen molar-refractivity contribution >= 4 is 22.6 Å². The van der Waals surface area contributed by atoms with Crippen LogP contribution in [-0.4, -0.2) is 43.2 Å². The fraction of sp³-hybridized carbons (Fsp3) is 0.214. The number of anilines is 1. The highest BCUT2D eigenvalue weighted by Gasteiger charge is 2.30. The number of fused-ring (bicyclic) bond motifs is 1. The fourth-order valence-electron chi connectivity index (χ4n) is 4.56. The number of hydrogen-bond acceptors (Lipinski definition) is 5. The molecular weight excluding hydrogens is 461 g/mol. The number of halogens is 1. The van der Waals surface area contributed by atoms with Gasteiger partial charge in [0.2, 0.25) is 0 Å². The largest absolute Gasteiger partial charge is 0.493 e. The molecule has 2 heterocycles. The van der Waals surface area contributed by atoms with Gasteiger partial charge in [0, 0.05) is 54.6 Å². The Morgan fingerprint density at radius 3 is 2.47 bits per heavy atom. The van der Waals surface area contributed by atoms with E-state index in [2.05, 4.69) is 4.98 Å². The molecule has 1 aromatic heterocycles. The molecule has 0 radical (unpaired) electrons. The summed E-state index contributed by atoms with van der Waals surface area (Å²) in [6, 6.07) is 17.7. The quantitative estimate of drug-likeness (QED) is 0.323. The minimum atomic E-state index is -0.565. The molecule has 0 bridgehead atoms. The van der Waals surface area contributed by atoms with Crippen LogP contribution in [-0.2, 0) is 6.54 Å². The summed E-state index contributed by atoms with van der Waals surface area (Å²) in [5, 5.41) is 0.699. The minimum Gasteiger partial charge on any atom is -0.493 e. The highest BCUT2D eigenvalue weighted by atomic mass is 19.1. The topological polar surface area (TPSA) is 64.1 Å². The lowest BCUT2D eigenvalue weighted by atomic mass is 10.1. The molecular formula is C28H26FN3O4. The summed E-state index contributed by atoms with van der Waals surface area (Å²) in [6.07, 6.45) is 1.60. The Hall–Kier alpha value is -4.33. The van der Waals surface area contributed by atoms with Crippen LogP contribution in [0.25, 0.3) is 10.9 Å². The Balaban J connectivity index is 1.39. The number of hydrogen-bond donors (Lipinski definition) is 0. The van der Waals surface area contributed by atoms with Crippen molar-refractivity contribution in [1.82, 2.24) is 9.88 Å². The summed E-state index contributed by atoms with van der Waals surface area (Å²) in [7, 11) is 3.12. The molecule has 8 heteroatoms. The average molecular weight is 488 g/mol. The van der Waals surface area contributed by atoms with E-state index in [4.69, 9.17) is 14.2 Å². The van der Waals surface area contributed by atoms with Gasteiger partial charge in [-0.2, -0.15) is 0 Å². The van der Waals surface area contributed by atoms with Gasteiger partial charge >= 0.3 is 6.03 Å². The first-order valence-electron chi connectivity index (χ1n) is 11.6. The second-order valence-corrected chi connectivity index (χ2v) is 8.50. The Kier molecular flexibility index (Phi) is 6.33. The maximum absolute atomic E-state index is 15.2. The molecule has 0 spiro atoms. The van der Waals surface area contributed by atoms with E-state index in [9.17, 15) is 4.79 Å². The lowest BCUT2D eigenvalue weighted by Gasteiger charge is -2.20. The summed E-state index contributed by atoms with van der Waals surface area (Å²) in [4.78, 5) is 20.7. The van der Waals surface area contributed by atoms with Crippen molar-refractivity contribution in [3.63, 3.8) is 0 Å². The Labute approximate surface area is 208 Å². The number of aromatic nitrogens is 1.